The number of anilines is 3. The van der Waals surface area contributed by atoms with E-state index in [-0.39, 0.29) is 5.91 Å². The summed E-state index contributed by atoms with van der Waals surface area (Å²) in [6, 6.07) is 12.8. The van der Waals surface area contributed by atoms with Crippen molar-refractivity contribution in [2.45, 2.75) is 40.2 Å². The Hall–Kier alpha value is -3.21. The van der Waals surface area contributed by atoms with Gasteiger partial charge in [-0.2, -0.15) is 0 Å². The zero-order valence-electron chi connectivity index (χ0n) is 16.7. The first kappa shape index (κ1) is 18.2. The van der Waals surface area contributed by atoms with E-state index in [4.69, 9.17) is 0 Å². The summed E-state index contributed by atoms with van der Waals surface area (Å²) in [6.45, 7) is 8.21. The van der Waals surface area contributed by atoms with Crippen molar-refractivity contribution in [3.05, 3.63) is 76.7 Å². The number of carbonyl (C=O) groups is 1. The number of hydrogen-bond acceptors (Lipinski definition) is 4. The minimum atomic E-state index is -0.246. The second-order valence-electron chi connectivity index (χ2n) is 7.54. The van der Waals surface area contributed by atoms with E-state index in [0.29, 0.717) is 11.7 Å². The molecule has 0 aliphatic carbocycles. The second-order valence-corrected chi connectivity index (χ2v) is 7.54. The number of nitrogens with one attached hydrogen (secondary N) is 1. The molecule has 1 aliphatic rings. The number of aryl methyl sites for hydroxylation is 3. The van der Waals surface area contributed by atoms with Crippen molar-refractivity contribution in [3.8, 4) is 0 Å². The second kappa shape index (κ2) is 7.08. The van der Waals surface area contributed by atoms with Gasteiger partial charge >= 0.3 is 0 Å². The molecule has 4 rings (SSSR count). The fourth-order valence-corrected chi connectivity index (χ4v) is 4.03. The number of rotatable bonds is 3. The van der Waals surface area contributed by atoms with Gasteiger partial charge in [0.25, 0.3) is 5.91 Å². The Morgan fingerprint density at radius 2 is 1.79 bits per heavy atom. The molecule has 5 heteroatoms. The monoisotopic (exact) mass is 372 g/mol. The molecular formula is C23H24N4O. The molecule has 0 bridgehead atoms. The van der Waals surface area contributed by atoms with E-state index in [9.17, 15) is 4.79 Å². The Morgan fingerprint density at radius 3 is 2.46 bits per heavy atom. The van der Waals surface area contributed by atoms with Crippen LogP contribution in [0.2, 0.25) is 0 Å². The number of hydrogen-bond donors (Lipinski definition) is 1. The van der Waals surface area contributed by atoms with Gasteiger partial charge in [0.05, 0.1) is 12.4 Å². The normalized spacial score (nSPS) is 15.4. The van der Waals surface area contributed by atoms with Crippen LogP contribution in [-0.4, -0.2) is 21.9 Å². The number of carbonyl (C=O) groups excluding carboxylic acids is 1. The lowest BCUT2D eigenvalue weighted by molar-refractivity contribution is 0.102. The van der Waals surface area contributed by atoms with Gasteiger partial charge in [0.2, 0.25) is 0 Å². The van der Waals surface area contributed by atoms with Gasteiger partial charge in [-0.25, -0.2) is 9.97 Å². The highest BCUT2D eigenvalue weighted by atomic mass is 16.1. The highest BCUT2D eigenvalue weighted by Gasteiger charge is 2.28. The molecule has 142 valence electrons. The van der Waals surface area contributed by atoms with Crippen molar-refractivity contribution in [2.75, 3.05) is 10.2 Å². The summed E-state index contributed by atoms with van der Waals surface area (Å²) < 4.78 is 0. The molecule has 1 amide bonds. The van der Waals surface area contributed by atoms with Crippen LogP contribution >= 0.6 is 0 Å². The molecule has 1 N–H and O–H groups in total. The molecule has 3 aromatic rings. The van der Waals surface area contributed by atoms with Crippen LogP contribution in [0.4, 0.5) is 17.2 Å². The maximum Gasteiger partial charge on any atom is 0.275 e. The molecule has 0 saturated heterocycles. The summed E-state index contributed by atoms with van der Waals surface area (Å²) in [5.74, 6) is 0.515. The Balaban J connectivity index is 1.57. The Labute approximate surface area is 165 Å². The number of nitrogens with zero attached hydrogens (tertiary/aromatic N) is 3. The van der Waals surface area contributed by atoms with Gasteiger partial charge in [0, 0.05) is 17.4 Å². The van der Waals surface area contributed by atoms with Gasteiger partial charge in [-0.05, 0) is 56.9 Å². The summed E-state index contributed by atoms with van der Waals surface area (Å²) in [7, 11) is 0. The molecule has 2 aromatic carbocycles. The predicted molar refractivity (Wildman–Crippen MR) is 112 cm³/mol. The first-order valence-corrected chi connectivity index (χ1v) is 9.52. The molecule has 28 heavy (non-hydrogen) atoms. The molecule has 2 heterocycles. The summed E-state index contributed by atoms with van der Waals surface area (Å²) >= 11 is 0. The molecule has 5 nitrogen and oxygen atoms in total. The predicted octanol–water partition coefficient (Wildman–Crippen LogP) is 4.74. The lowest BCUT2D eigenvalue weighted by atomic mass is 10.1. The number of fused-ring (bicyclic) bond motifs is 1. The smallest absolute Gasteiger partial charge is 0.275 e. The summed E-state index contributed by atoms with van der Waals surface area (Å²) in [6.07, 6.45) is 4.21. The summed E-state index contributed by atoms with van der Waals surface area (Å²) in [5.41, 5.74) is 6.87. The van der Waals surface area contributed by atoms with Gasteiger partial charge in [-0.1, -0.05) is 35.9 Å². The van der Waals surface area contributed by atoms with E-state index < -0.39 is 0 Å². The molecule has 1 aromatic heterocycles. The fourth-order valence-electron chi connectivity index (χ4n) is 4.03. The van der Waals surface area contributed by atoms with Crippen LogP contribution in [0.5, 0.6) is 0 Å². The lowest BCUT2D eigenvalue weighted by Gasteiger charge is -2.23. The number of aromatic nitrogens is 2. The standard InChI is InChI=1S/C23H24N4O/c1-14-9-15(2)22(16(3)10-14)26-23(28)19-12-25-21(13-24-19)27-17(4)11-18-7-5-6-8-20(18)27/h5-10,12-13,17H,11H2,1-4H3,(H,26,28). The maximum absolute atomic E-state index is 12.7. The number of benzene rings is 2. The Morgan fingerprint density at radius 1 is 1.07 bits per heavy atom. The molecule has 0 fully saturated rings. The minimum Gasteiger partial charge on any atom is -0.322 e. The van der Waals surface area contributed by atoms with Crippen LogP contribution in [0.25, 0.3) is 0 Å². The fraction of sp³-hybridized carbons (Fsp3) is 0.261. The van der Waals surface area contributed by atoms with E-state index in [1.54, 1.807) is 12.4 Å². The maximum atomic E-state index is 12.7. The van der Waals surface area contributed by atoms with Crippen LogP contribution in [-0.2, 0) is 6.42 Å². The number of para-hydroxylation sites is 1. The van der Waals surface area contributed by atoms with E-state index in [1.807, 2.05) is 26.8 Å². The van der Waals surface area contributed by atoms with Crippen LogP contribution in [0, 0.1) is 20.8 Å². The van der Waals surface area contributed by atoms with Crippen LogP contribution in [0.15, 0.2) is 48.8 Å². The first-order chi connectivity index (χ1) is 13.4. The topological polar surface area (TPSA) is 58.1 Å². The molecular weight excluding hydrogens is 348 g/mol. The quantitative estimate of drug-likeness (QED) is 0.722. The molecule has 1 atom stereocenters. The Kier molecular flexibility index (Phi) is 4.59. The van der Waals surface area contributed by atoms with Crippen molar-refractivity contribution in [1.82, 2.24) is 9.97 Å². The van der Waals surface area contributed by atoms with Crippen molar-refractivity contribution in [1.29, 1.82) is 0 Å². The van der Waals surface area contributed by atoms with Crippen LogP contribution in [0.1, 0.15) is 39.7 Å². The Bertz CT molecular complexity index is 1020. The van der Waals surface area contributed by atoms with E-state index in [2.05, 4.69) is 57.4 Å². The zero-order chi connectivity index (χ0) is 19.8. The highest BCUT2D eigenvalue weighted by Crippen LogP contribution is 2.36. The molecule has 0 saturated carbocycles. The summed E-state index contributed by atoms with van der Waals surface area (Å²) in [5, 5.41) is 2.98. The average molecular weight is 372 g/mol. The minimum absolute atomic E-state index is 0.246. The molecule has 1 unspecified atom stereocenters. The largest absolute Gasteiger partial charge is 0.322 e. The molecule has 1 aliphatic heterocycles. The van der Waals surface area contributed by atoms with Gasteiger partial charge in [0.15, 0.2) is 5.82 Å². The molecule has 0 radical (unpaired) electrons. The van der Waals surface area contributed by atoms with E-state index in [1.165, 1.54) is 11.1 Å². The van der Waals surface area contributed by atoms with Crippen LogP contribution in [0.3, 0.4) is 0 Å². The third kappa shape index (κ3) is 3.24. The first-order valence-electron chi connectivity index (χ1n) is 9.52. The van der Waals surface area contributed by atoms with Crippen molar-refractivity contribution < 1.29 is 4.79 Å². The number of amides is 1. The van der Waals surface area contributed by atoms with E-state index >= 15 is 0 Å². The highest BCUT2D eigenvalue weighted by molar-refractivity contribution is 6.03. The van der Waals surface area contributed by atoms with Gasteiger partial charge < -0.3 is 10.2 Å². The van der Waals surface area contributed by atoms with Gasteiger partial charge in [-0.15, -0.1) is 0 Å². The van der Waals surface area contributed by atoms with Crippen molar-refractivity contribution in [3.63, 3.8) is 0 Å². The van der Waals surface area contributed by atoms with Gasteiger partial charge in [-0.3, -0.25) is 4.79 Å². The van der Waals surface area contributed by atoms with Gasteiger partial charge in [0.1, 0.15) is 5.69 Å². The SMILES string of the molecule is Cc1cc(C)c(NC(=O)c2cnc(N3c4ccccc4CC3C)cn2)c(C)c1. The van der Waals surface area contributed by atoms with E-state index in [0.717, 1.165) is 34.7 Å². The van der Waals surface area contributed by atoms with Crippen LogP contribution < -0.4 is 10.2 Å². The molecule has 0 spiro atoms. The summed E-state index contributed by atoms with van der Waals surface area (Å²) in [4.78, 5) is 23.8. The zero-order valence-corrected chi connectivity index (χ0v) is 16.7. The lowest BCUT2D eigenvalue weighted by Crippen LogP contribution is -2.25. The average Bonchev–Trinajstić information content (AvgIpc) is 3.00. The third-order valence-electron chi connectivity index (χ3n) is 5.24. The van der Waals surface area contributed by atoms with Crippen molar-refractivity contribution in [2.24, 2.45) is 0 Å². The third-order valence-corrected chi connectivity index (χ3v) is 5.24. The van der Waals surface area contributed by atoms with Crippen molar-refractivity contribution >= 4 is 23.1 Å².